The zero-order valence-corrected chi connectivity index (χ0v) is 11.1. The van der Waals surface area contributed by atoms with Crippen molar-refractivity contribution in [1.82, 2.24) is 0 Å². The van der Waals surface area contributed by atoms with Crippen LogP contribution in [-0.2, 0) is 0 Å². The van der Waals surface area contributed by atoms with Crippen LogP contribution in [-0.4, -0.2) is 21.5 Å². The molecule has 1 aromatic rings. The number of carbonyl (C=O) groups is 1. The third-order valence-electron chi connectivity index (χ3n) is 3.57. The molecule has 1 aromatic carbocycles. The molecule has 0 spiro atoms. The number of rotatable bonds is 5. The molecular formula is C13H15FN2O4. The van der Waals surface area contributed by atoms with E-state index in [4.69, 9.17) is 5.11 Å². The maximum Gasteiger partial charge on any atom is 0.342 e. The van der Waals surface area contributed by atoms with Crippen molar-refractivity contribution < 1.29 is 19.2 Å². The highest BCUT2D eigenvalue weighted by molar-refractivity contribution is 5.93. The number of carboxylic acid groups (broad SMARTS) is 1. The molecule has 0 aromatic heterocycles. The molecule has 7 heteroatoms. The van der Waals surface area contributed by atoms with E-state index in [1.165, 1.54) is 0 Å². The number of carboxylic acids is 1. The molecule has 1 aliphatic carbocycles. The summed E-state index contributed by atoms with van der Waals surface area (Å²) < 4.78 is 13.9. The van der Waals surface area contributed by atoms with E-state index in [0.29, 0.717) is 12.0 Å². The normalized spacial score (nSPS) is 14.9. The molecule has 0 amide bonds. The van der Waals surface area contributed by atoms with Gasteiger partial charge < -0.3 is 10.4 Å². The molecular weight excluding hydrogens is 267 g/mol. The Hall–Kier alpha value is -2.18. The second kappa shape index (κ2) is 4.73. The lowest BCUT2D eigenvalue weighted by Crippen LogP contribution is -2.33. The molecule has 108 valence electrons. The first-order valence-electron chi connectivity index (χ1n) is 6.22. The average molecular weight is 282 g/mol. The maximum absolute atomic E-state index is 13.9. The Morgan fingerprint density at radius 3 is 2.55 bits per heavy atom. The van der Waals surface area contributed by atoms with Crippen molar-refractivity contribution in [2.24, 2.45) is 5.92 Å². The van der Waals surface area contributed by atoms with E-state index >= 15 is 0 Å². The molecule has 1 aliphatic rings. The van der Waals surface area contributed by atoms with Gasteiger partial charge in [-0.2, -0.15) is 0 Å². The van der Waals surface area contributed by atoms with E-state index in [2.05, 4.69) is 5.32 Å². The monoisotopic (exact) mass is 282 g/mol. The first-order valence-corrected chi connectivity index (χ1v) is 6.22. The van der Waals surface area contributed by atoms with Crippen molar-refractivity contribution >= 4 is 17.3 Å². The van der Waals surface area contributed by atoms with Gasteiger partial charge in [0.2, 0.25) is 0 Å². The van der Waals surface area contributed by atoms with Crippen LogP contribution in [0.1, 0.15) is 37.0 Å². The van der Waals surface area contributed by atoms with E-state index < -0.39 is 28.0 Å². The van der Waals surface area contributed by atoms with E-state index in [1.807, 2.05) is 13.8 Å². The van der Waals surface area contributed by atoms with Gasteiger partial charge in [0.15, 0.2) is 5.82 Å². The van der Waals surface area contributed by atoms with Crippen LogP contribution < -0.4 is 5.32 Å². The number of benzene rings is 1. The number of anilines is 1. The fourth-order valence-electron chi connectivity index (χ4n) is 2.24. The van der Waals surface area contributed by atoms with Crippen molar-refractivity contribution in [1.29, 1.82) is 0 Å². The molecule has 2 N–H and O–H groups in total. The van der Waals surface area contributed by atoms with Gasteiger partial charge in [0.1, 0.15) is 5.56 Å². The molecule has 0 saturated heterocycles. The largest absolute Gasteiger partial charge is 0.477 e. The lowest BCUT2D eigenvalue weighted by molar-refractivity contribution is -0.385. The minimum Gasteiger partial charge on any atom is -0.477 e. The van der Waals surface area contributed by atoms with Gasteiger partial charge in [0.25, 0.3) is 5.69 Å². The van der Waals surface area contributed by atoms with Gasteiger partial charge >= 0.3 is 5.97 Å². The molecule has 1 saturated carbocycles. The number of hydrogen-bond donors (Lipinski definition) is 2. The van der Waals surface area contributed by atoms with Crippen LogP contribution >= 0.6 is 0 Å². The van der Waals surface area contributed by atoms with Gasteiger partial charge in [-0.15, -0.1) is 0 Å². The number of aromatic carboxylic acids is 1. The molecule has 6 nitrogen and oxygen atoms in total. The van der Waals surface area contributed by atoms with Crippen LogP contribution in [0.2, 0.25) is 0 Å². The third-order valence-corrected chi connectivity index (χ3v) is 3.57. The number of halogens is 1. The number of hydrogen-bond acceptors (Lipinski definition) is 4. The van der Waals surface area contributed by atoms with Crippen LogP contribution in [0.25, 0.3) is 0 Å². The molecule has 0 bridgehead atoms. The smallest absolute Gasteiger partial charge is 0.342 e. The van der Waals surface area contributed by atoms with Crippen LogP contribution in [0.15, 0.2) is 12.1 Å². The second-order valence-electron chi connectivity index (χ2n) is 5.53. The maximum atomic E-state index is 13.9. The third kappa shape index (κ3) is 2.71. The zero-order valence-electron chi connectivity index (χ0n) is 11.1. The number of nitrogens with one attached hydrogen (secondary N) is 1. The summed E-state index contributed by atoms with van der Waals surface area (Å²) in [5, 5.41) is 22.7. The van der Waals surface area contributed by atoms with E-state index in [-0.39, 0.29) is 11.2 Å². The summed E-state index contributed by atoms with van der Waals surface area (Å²) in [5.74, 6) is -1.88. The summed E-state index contributed by atoms with van der Waals surface area (Å²) in [6.45, 7) is 3.79. The summed E-state index contributed by atoms with van der Waals surface area (Å²) in [5.41, 5.74) is -1.67. The van der Waals surface area contributed by atoms with Crippen LogP contribution in [0.5, 0.6) is 0 Å². The molecule has 0 heterocycles. The molecule has 0 unspecified atom stereocenters. The summed E-state index contributed by atoms with van der Waals surface area (Å²) in [4.78, 5) is 20.9. The summed E-state index contributed by atoms with van der Waals surface area (Å²) in [7, 11) is 0. The van der Waals surface area contributed by atoms with Crippen molar-refractivity contribution in [2.75, 3.05) is 5.32 Å². The quantitative estimate of drug-likeness (QED) is 0.639. The highest BCUT2D eigenvalue weighted by atomic mass is 19.1. The predicted octanol–water partition coefficient (Wildman–Crippen LogP) is 3.03. The zero-order chi connectivity index (χ0) is 15.1. The van der Waals surface area contributed by atoms with E-state index in [1.54, 1.807) is 0 Å². The Kier molecular flexibility index (Phi) is 3.37. The fraction of sp³-hybridized carbons (Fsp3) is 0.462. The Morgan fingerprint density at radius 1 is 1.50 bits per heavy atom. The number of nitro benzene ring substituents is 1. The average Bonchev–Trinajstić information content (AvgIpc) is 3.14. The summed E-state index contributed by atoms with van der Waals surface area (Å²) in [6.07, 6.45) is 2.06. The molecule has 20 heavy (non-hydrogen) atoms. The molecule has 2 rings (SSSR count). The van der Waals surface area contributed by atoms with Gasteiger partial charge in [-0.3, -0.25) is 10.1 Å². The van der Waals surface area contributed by atoms with E-state index in [0.717, 1.165) is 18.9 Å². The predicted molar refractivity (Wildman–Crippen MR) is 70.4 cm³/mol. The summed E-state index contributed by atoms with van der Waals surface area (Å²) in [6, 6.07) is 1.63. The van der Waals surface area contributed by atoms with Gasteiger partial charge in [0.05, 0.1) is 16.7 Å². The van der Waals surface area contributed by atoms with Gasteiger partial charge in [-0.1, -0.05) is 0 Å². The Balaban J connectivity index is 2.41. The molecule has 0 atom stereocenters. The molecule has 0 aliphatic heterocycles. The number of nitrogens with zero attached hydrogens (tertiary/aromatic N) is 1. The van der Waals surface area contributed by atoms with Gasteiger partial charge in [-0.25, -0.2) is 9.18 Å². The van der Waals surface area contributed by atoms with Crippen LogP contribution in [0.4, 0.5) is 15.8 Å². The Bertz CT molecular complexity index is 582. The van der Waals surface area contributed by atoms with Crippen molar-refractivity contribution in [2.45, 2.75) is 32.2 Å². The lowest BCUT2D eigenvalue weighted by Gasteiger charge is -2.27. The topological polar surface area (TPSA) is 92.5 Å². The molecule has 1 fully saturated rings. The van der Waals surface area contributed by atoms with Gasteiger partial charge in [0, 0.05) is 5.54 Å². The molecule has 0 radical (unpaired) electrons. The minimum atomic E-state index is -1.45. The first kappa shape index (κ1) is 14.2. The van der Waals surface area contributed by atoms with Gasteiger partial charge in [-0.05, 0) is 38.7 Å². The fourth-order valence-corrected chi connectivity index (χ4v) is 2.24. The first-order chi connectivity index (χ1) is 9.22. The Labute approximate surface area is 114 Å². The minimum absolute atomic E-state index is 0.0232. The van der Waals surface area contributed by atoms with Crippen molar-refractivity contribution in [3.8, 4) is 0 Å². The van der Waals surface area contributed by atoms with E-state index in [9.17, 15) is 19.3 Å². The standard InChI is InChI=1S/C13H15FN2O4/c1-13(2,7-3-4-7)15-10-5-8(12(17)18)11(16(19)20)6-9(10)14/h5-7,15H,3-4H2,1-2H3,(H,17,18). The van der Waals surface area contributed by atoms with Crippen molar-refractivity contribution in [3.63, 3.8) is 0 Å². The SMILES string of the molecule is CC(C)(Nc1cc(C(=O)O)c([N+](=O)[O-])cc1F)C1CC1. The highest BCUT2D eigenvalue weighted by Gasteiger charge is 2.38. The highest BCUT2D eigenvalue weighted by Crippen LogP contribution is 2.41. The number of nitro groups is 1. The Morgan fingerprint density at radius 2 is 2.10 bits per heavy atom. The van der Waals surface area contributed by atoms with Crippen LogP contribution in [0, 0.1) is 21.8 Å². The summed E-state index contributed by atoms with van der Waals surface area (Å²) >= 11 is 0. The second-order valence-corrected chi connectivity index (χ2v) is 5.53. The van der Waals surface area contributed by atoms with Crippen molar-refractivity contribution in [3.05, 3.63) is 33.6 Å². The lowest BCUT2D eigenvalue weighted by atomic mass is 9.98. The van der Waals surface area contributed by atoms with Crippen LogP contribution in [0.3, 0.4) is 0 Å².